The highest BCUT2D eigenvalue weighted by Gasteiger charge is 2.30. The lowest BCUT2D eigenvalue weighted by molar-refractivity contribution is -0.117. The molecule has 1 amide bonds. The molecule has 0 bridgehead atoms. The number of hydrogen-bond donors (Lipinski definition) is 2. The molecular formula is C20H26N4O4S. The van der Waals surface area contributed by atoms with Crippen LogP contribution in [-0.4, -0.2) is 51.6 Å². The maximum absolute atomic E-state index is 12.3. The second-order valence-electron chi connectivity index (χ2n) is 7.37. The Morgan fingerprint density at radius 1 is 1.24 bits per heavy atom. The molecule has 8 nitrogen and oxygen atoms in total. The average Bonchev–Trinajstić information content (AvgIpc) is 3.46. The summed E-state index contributed by atoms with van der Waals surface area (Å²) >= 11 is 0. The third-order valence-electron chi connectivity index (χ3n) is 4.55. The van der Waals surface area contributed by atoms with E-state index in [2.05, 4.69) is 15.2 Å². The van der Waals surface area contributed by atoms with Gasteiger partial charge in [0.15, 0.2) is 5.76 Å². The summed E-state index contributed by atoms with van der Waals surface area (Å²) in [5, 5.41) is 6.79. The van der Waals surface area contributed by atoms with Crippen molar-refractivity contribution >= 4 is 33.8 Å². The summed E-state index contributed by atoms with van der Waals surface area (Å²) in [5.41, 5.74) is 1.98. The summed E-state index contributed by atoms with van der Waals surface area (Å²) < 4.78 is 32.5. The van der Waals surface area contributed by atoms with Crippen molar-refractivity contribution in [2.24, 2.45) is 5.92 Å². The largest absolute Gasteiger partial charge is 0.354 e. The molecule has 2 aromatic rings. The first-order valence-corrected chi connectivity index (χ1v) is 10.9. The van der Waals surface area contributed by atoms with Gasteiger partial charge in [0.2, 0.25) is 15.9 Å². The van der Waals surface area contributed by atoms with Crippen molar-refractivity contribution in [2.75, 3.05) is 32.5 Å². The van der Waals surface area contributed by atoms with Crippen molar-refractivity contribution in [3.63, 3.8) is 0 Å². The van der Waals surface area contributed by atoms with E-state index < -0.39 is 10.0 Å². The highest BCUT2D eigenvalue weighted by molar-refractivity contribution is 7.89. The smallest absolute Gasteiger partial charge is 0.240 e. The van der Waals surface area contributed by atoms with Crippen LogP contribution in [0.5, 0.6) is 0 Å². The van der Waals surface area contributed by atoms with Gasteiger partial charge in [-0.25, -0.2) is 13.1 Å². The third-order valence-corrected chi connectivity index (χ3v) is 6.03. The number of likely N-dealkylation sites (N-methyl/N-ethyl adjacent to an activating group) is 1. The van der Waals surface area contributed by atoms with Crippen LogP contribution in [0.4, 0.5) is 5.69 Å². The number of anilines is 1. The summed E-state index contributed by atoms with van der Waals surface area (Å²) in [6.45, 7) is 2.74. The van der Waals surface area contributed by atoms with Gasteiger partial charge in [0.25, 0.3) is 0 Å². The summed E-state index contributed by atoms with van der Waals surface area (Å²) in [4.78, 5) is 14.1. The number of hydrogen-bond acceptors (Lipinski definition) is 6. The fraction of sp³-hybridized carbons (Fsp3) is 0.400. The average molecular weight is 419 g/mol. The molecule has 0 radical (unpaired) electrons. The minimum Gasteiger partial charge on any atom is -0.354 e. The van der Waals surface area contributed by atoms with E-state index in [0.717, 1.165) is 18.4 Å². The van der Waals surface area contributed by atoms with Crippen LogP contribution in [0.25, 0.3) is 12.2 Å². The van der Waals surface area contributed by atoms with Crippen molar-refractivity contribution in [3.05, 3.63) is 41.3 Å². The number of amides is 1. The number of aryl methyl sites for hydroxylation is 1. The second kappa shape index (κ2) is 8.89. The van der Waals surface area contributed by atoms with E-state index in [1.54, 1.807) is 43.3 Å². The van der Waals surface area contributed by atoms with Gasteiger partial charge in [-0.1, -0.05) is 23.4 Å². The Balaban J connectivity index is 1.67. The molecule has 1 aromatic heterocycles. The zero-order valence-electron chi connectivity index (χ0n) is 16.8. The molecule has 0 aliphatic heterocycles. The Hall–Kier alpha value is -2.49. The SMILES string of the molecule is Cc1noc(/C=C\c2ccc(S(=O)(=O)NCCN(C)C)cc2)c1NC(=O)C1CC1. The molecule has 0 spiro atoms. The van der Waals surface area contributed by atoms with Crippen LogP contribution in [-0.2, 0) is 14.8 Å². The highest BCUT2D eigenvalue weighted by Crippen LogP contribution is 2.32. The summed E-state index contributed by atoms with van der Waals surface area (Å²) in [6, 6.07) is 6.53. The van der Waals surface area contributed by atoms with Crippen molar-refractivity contribution in [1.82, 2.24) is 14.8 Å². The summed E-state index contributed by atoms with van der Waals surface area (Å²) in [6.07, 6.45) is 5.32. The Labute approximate surface area is 171 Å². The predicted molar refractivity (Wildman–Crippen MR) is 112 cm³/mol. The number of carbonyl (C=O) groups is 1. The molecule has 1 saturated carbocycles. The van der Waals surface area contributed by atoms with E-state index in [1.807, 2.05) is 19.0 Å². The zero-order chi connectivity index (χ0) is 21.0. The highest BCUT2D eigenvalue weighted by atomic mass is 32.2. The first-order chi connectivity index (χ1) is 13.8. The lowest BCUT2D eigenvalue weighted by atomic mass is 10.2. The fourth-order valence-corrected chi connectivity index (χ4v) is 3.66. The van der Waals surface area contributed by atoms with Crippen molar-refractivity contribution < 1.29 is 17.7 Å². The molecule has 2 N–H and O–H groups in total. The molecular weight excluding hydrogens is 392 g/mol. The lowest BCUT2D eigenvalue weighted by Gasteiger charge is -2.11. The van der Waals surface area contributed by atoms with Crippen LogP contribution in [0.3, 0.4) is 0 Å². The molecule has 1 aliphatic carbocycles. The van der Waals surface area contributed by atoms with Gasteiger partial charge in [0.05, 0.1) is 4.90 Å². The normalized spacial score (nSPS) is 14.6. The first-order valence-electron chi connectivity index (χ1n) is 9.46. The fourth-order valence-electron chi connectivity index (χ4n) is 2.64. The number of nitrogens with zero attached hydrogens (tertiary/aromatic N) is 2. The van der Waals surface area contributed by atoms with Crippen LogP contribution in [0.1, 0.15) is 29.9 Å². The molecule has 1 fully saturated rings. The monoisotopic (exact) mass is 418 g/mol. The van der Waals surface area contributed by atoms with E-state index >= 15 is 0 Å². The maximum Gasteiger partial charge on any atom is 0.240 e. The summed E-state index contributed by atoms with van der Waals surface area (Å²) in [5.74, 6) is 0.530. The van der Waals surface area contributed by atoms with E-state index in [9.17, 15) is 13.2 Å². The van der Waals surface area contributed by atoms with Gasteiger partial charge in [-0.3, -0.25) is 4.79 Å². The molecule has 0 saturated heterocycles. The Kier molecular flexibility index (Phi) is 6.51. The molecule has 1 heterocycles. The van der Waals surface area contributed by atoms with Crippen molar-refractivity contribution in [2.45, 2.75) is 24.7 Å². The minimum absolute atomic E-state index is 0.0118. The minimum atomic E-state index is -3.54. The predicted octanol–water partition coefficient (Wildman–Crippen LogP) is 2.34. The van der Waals surface area contributed by atoms with Gasteiger partial charge in [0, 0.05) is 19.0 Å². The van der Waals surface area contributed by atoms with Crippen molar-refractivity contribution in [3.8, 4) is 0 Å². The van der Waals surface area contributed by atoms with Gasteiger partial charge in [-0.15, -0.1) is 0 Å². The molecule has 1 aliphatic rings. The number of nitrogens with one attached hydrogen (secondary N) is 2. The number of aromatic nitrogens is 1. The van der Waals surface area contributed by atoms with E-state index in [-0.39, 0.29) is 16.7 Å². The standard InChI is InChI=1S/C20H26N4O4S/c1-14-19(22-20(25)16-7-8-16)18(28-23-14)11-6-15-4-9-17(10-5-15)29(26,27)21-12-13-24(2)3/h4-6,9-11,16,21H,7-8,12-13H2,1-3H3,(H,22,25)/b11-6-. The lowest BCUT2D eigenvalue weighted by Crippen LogP contribution is -2.31. The van der Waals surface area contributed by atoms with Gasteiger partial charge >= 0.3 is 0 Å². The van der Waals surface area contributed by atoms with Crippen LogP contribution >= 0.6 is 0 Å². The maximum atomic E-state index is 12.3. The molecule has 9 heteroatoms. The molecule has 156 valence electrons. The molecule has 29 heavy (non-hydrogen) atoms. The number of sulfonamides is 1. The molecule has 0 atom stereocenters. The second-order valence-corrected chi connectivity index (χ2v) is 9.14. The Bertz CT molecular complexity index is 990. The van der Waals surface area contributed by atoms with E-state index in [0.29, 0.717) is 30.2 Å². The molecule has 0 unspecified atom stereocenters. The number of rotatable bonds is 9. The molecule has 1 aromatic carbocycles. The first kappa shape index (κ1) is 21.2. The third kappa shape index (κ3) is 5.75. The van der Waals surface area contributed by atoms with E-state index in [1.165, 1.54) is 0 Å². The Morgan fingerprint density at radius 2 is 1.93 bits per heavy atom. The van der Waals surface area contributed by atoms with Crippen LogP contribution in [0, 0.1) is 12.8 Å². The number of benzene rings is 1. The van der Waals surface area contributed by atoms with Crippen LogP contribution in [0.15, 0.2) is 33.7 Å². The number of carbonyl (C=O) groups excluding carboxylic acids is 1. The quantitative estimate of drug-likeness (QED) is 0.648. The topological polar surface area (TPSA) is 105 Å². The van der Waals surface area contributed by atoms with Gasteiger partial charge in [-0.2, -0.15) is 0 Å². The van der Waals surface area contributed by atoms with Crippen LogP contribution < -0.4 is 10.0 Å². The van der Waals surface area contributed by atoms with Gasteiger partial charge in [0.1, 0.15) is 11.4 Å². The van der Waals surface area contributed by atoms with E-state index in [4.69, 9.17) is 4.52 Å². The zero-order valence-corrected chi connectivity index (χ0v) is 17.6. The molecule has 3 rings (SSSR count). The van der Waals surface area contributed by atoms with Gasteiger partial charge < -0.3 is 14.7 Å². The van der Waals surface area contributed by atoms with Gasteiger partial charge in [-0.05, 0) is 57.6 Å². The summed E-state index contributed by atoms with van der Waals surface area (Å²) in [7, 11) is 0.231. The Morgan fingerprint density at radius 3 is 2.55 bits per heavy atom. The van der Waals surface area contributed by atoms with Crippen molar-refractivity contribution in [1.29, 1.82) is 0 Å². The van der Waals surface area contributed by atoms with Crippen LogP contribution in [0.2, 0.25) is 0 Å².